The van der Waals surface area contributed by atoms with Crippen LogP contribution in [0.3, 0.4) is 0 Å². The van der Waals surface area contributed by atoms with Crippen molar-refractivity contribution < 1.29 is 14.3 Å². The van der Waals surface area contributed by atoms with Gasteiger partial charge in [-0.1, -0.05) is 6.07 Å². The van der Waals surface area contributed by atoms with Crippen molar-refractivity contribution in [1.82, 2.24) is 4.90 Å². The van der Waals surface area contributed by atoms with Crippen molar-refractivity contribution in [3.63, 3.8) is 0 Å². The van der Waals surface area contributed by atoms with Crippen LogP contribution in [0.15, 0.2) is 23.8 Å². The summed E-state index contributed by atoms with van der Waals surface area (Å²) in [5, 5.41) is 9.33. The van der Waals surface area contributed by atoms with E-state index >= 15 is 0 Å². The Labute approximate surface area is 137 Å². The number of amides is 1. The molecule has 23 heavy (non-hydrogen) atoms. The molecule has 1 aliphatic rings. The Morgan fingerprint density at radius 2 is 2.04 bits per heavy atom. The van der Waals surface area contributed by atoms with Crippen LogP contribution in [0.25, 0.3) is 6.08 Å². The Bertz CT molecular complexity index is 626. The van der Waals surface area contributed by atoms with Crippen LogP contribution in [0.1, 0.15) is 31.7 Å². The molecule has 0 bridgehead atoms. The average molecular weight is 314 g/mol. The summed E-state index contributed by atoms with van der Waals surface area (Å²) in [6, 6.07) is 7.39. The molecule has 1 heterocycles. The lowest BCUT2D eigenvalue weighted by Gasteiger charge is -2.26. The van der Waals surface area contributed by atoms with Gasteiger partial charge in [-0.2, -0.15) is 5.26 Å². The smallest absolute Gasteiger partial charge is 0.264 e. The number of hydrogen-bond acceptors (Lipinski definition) is 4. The SMILES string of the molecule is CCOc1ccc(/C=C(\C#N)C(=O)N2CCCCC2)cc1OC. The molecule has 0 atom stereocenters. The van der Waals surface area contributed by atoms with Gasteiger partial charge in [0.25, 0.3) is 5.91 Å². The van der Waals surface area contributed by atoms with E-state index in [0.717, 1.165) is 37.9 Å². The molecular formula is C18H22N2O3. The maximum Gasteiger partial charge on any atom is 0.264 e. The summed E-state index contributed by atoms with van der Waals surface area (Å²) in [7, 11) is 1.56. The number of hydrogen-bond donors (Lipinski definition) is 0. The molecule has 5 heteroatoms. The molecule has 1 amide bonds. The van der Waals surface area contributed by atoms with E-state index in [1.165, 1.54) is 0 Å². The van der Waals surface area contributed by atoms with Crippen molar-refractivity contribution in [1.29, 1.82) is 5.26 Å². The van der Waals surface area contributed by atoms with Crippen molar-refractivity contribution in [2.75, 3.05) is 26.8 Å². The second-order valence-corrected chi connectivity index (χ2v) is 5.37. The molecule has 0 N–H and O–H groups in total. The molecular weight excluding hydrogens is 292 g/mol. The minimum atomic E-state index is -0.194. The first-order valence-electron chi connectivity index (χ1n) is 7.91. The van der Waals surface area contributed by atoms with Crippen molar-refractivity contribution in [2.24, 2.45) is 0 Å². The Hall–Kier alpha value is -2.48. The fourth-order valence-electron chi connectivity index (χ4n) is 2.62. The lowest BCUT2D eigenvalue weighted by molar-refractivity contribution is -0.127. The number of carbonyl (C=O) groups excluding carboxylic acids is 1. The van der Waals surface area contributed by atoms with Crippen LogP contribution >= 0.6 is 0 Å². The molecule has 0 radical (unpaired) electrons. The largest absolute Gasteiger partial charge is 0.493 e. The molecule has 122 valence electrons. The van der Waals surface area contributed by atoms with Gasteiger partial charge in [0.1, 0.15) is 11.6 Å². The van der Waals surface area contributed by atoms with E-state index in [2.05, 4.69) is 0 Å². The third-order valence-corrected chi connectivity index (χ3v) is 3.79. The average Bonchev–Trinajstić information content (AvgIpc) is 2.61. The predicted octanol–water partition coefficient (Wildman–Crippen LogP) is 3.01. The first kappa shape index (κ1) is 16.9. The van der Waals surface area contributed by atoms with Gasteiger partial charge in [-0.15, -0.1) is 0 Å². The van der Waals surface area contributed by atoms with Crippen LogP contribution in [0.5, 0.6) is 11.5 Å². The summed E-state index contributed by atoms with van der Waals surface area (Å²) in [4.78, 5) is 14.2. The summed E-state index contributed by atoms with van der Waals surface area (Å²) in [5.74, 6) is 1.04. The van der Waals surface area contributed by atoms with Gasteiger partial charge in [0.15, 0.2) is 11.5 Å². The highest BCUT2D eigenvalue weighted by atomic mass is 16.5. The summed E-state index contributed by atoms with van der Waals surface area (Å²) < 4.78 is 10.8. The highest BCUT2D eigenvalue weighted by Crippen LogP contribution is 2.29. The molecule has 2 rings (SSSR count). The quantitative estimate of drug-likeness (QED) is 0.619. The Balaban J connectivity index is 2.23. The van der Waals surface area contributed by atoms with Crippen LogP contribution in [0.4, 0.5) is 0 Å². The number of nitriles is 1. The maximum absolute atomic E-state index is 12.4. The fraction of sp³-hybridized carbons (Fsp3) is 0.444. The zero-order chi connectivity index (χ0) is 16.7. The fourth-order valence-corrected chi connectivity index (χ4v) is 2.62. The van der Waals surface area contributed by atoms with E-state index in [1.54, 1.807) is 30.2 Å². The van der Waals surface area contributed by atoms with Gasteiger partial charge in [0, 0.05) is 13.1 Å². The number of methoxy groups -OCH3 is 1. The Morgan fingerprint density at radius 1 is 1.30 bits per heavy atom. The summed E-state index contributed by atoms with van der Waals surface area (Å²) in [6.45, 7) is 3.90. The molecule has 5 nitrogen and oxygen atoms in total. The minimum absolute atomic E-state index is 0.151. The van der Waals surface area contributed by atoms with Gasteiger partial charge in [-0.05, 0) is 50.0 Å². The minimum Gasteiger partial charge on any atom is -0.493 e. The predicted molar refractivity (Wildman–Crippen MR) is 88.2 cm³/mol. The lowest BCUT2D eigenvalue weighted by atomic mass is 10.1. The number of benzene rings is 1. The maximum atomic E-state index is 12.4. The Kier molecular flexibility index (Phi) is 6.04. The molecule has 0 aromatic heterocycles. The molecule has 1 saturated heterocycles. The van der Waals surface area contributed by atoms with E-state index in [0.29, 0.717) is 18.1 Å². The molecule has 0 unspecified atom stereocenters. The van der Waals surface area contributed by atoms with Crippen LogP contribution in [0, 0.1) is 11.3 Å². The lowest BCUT2D eigenvalue weighted by Crippen LogP contribution is -2.36. The standard InChI is InChI=1S/C18H22N2O3/c1-3-23-16-8-7-14(12-17(16)22-2)11-15(13-19)18(21)20-9-5-4-6-10-20/h7-8,11-12H,3-6,9-10H2,1-2H3/b15-11+. The molecule has 1 fully saturated rings. The molecule has 0 saturated carbocycles. The van der Waals surface area contributed by atoms with Crippen molar-refractivity contribution in [2.45, 2.75) is 26.2 Å². The first-order chi connectivity index (χ1) is 11.2. The monoisotopic (exact) mass is 314 g/mol. The second kappa shape index (κ2) is 8.23. The van der Waals surface area contributed by atoms with Crippen LogP contribution in [-0.2, 0) is 4.79 Å². The number of piperidine rings is 1. The molecule has 1 aliphatic heterocycles. The van der Waals surface area contributed by atoms with Crippen LogP contribution in [-0.4, -0.2) is 37.6 Å². The summed E-state index contributed by atoms with van der Waals surface area (Å²) >= 11 is 0. The zero-order valence-corrected chi connectivity index (χ0v) is 13.7. The number of likely N-dealkylation sites (tertiary alicyclic amines) is 1. The number of nitrogens with zero attached hydrogens (tertiary/aromatic N) is 2. The highest BCUT2D eigenvalue weighted by molar-refractivity contribution is 6.01. The zero-order valence-electron chi connectivity index (χ0n) is 13.7. The van der Waals surface area contributed by atoms with Gasteiger partial charge in [-0.3, -0.25) is 4.79 Å². The summed E-state index contributed by atoms with van der Waals surface area (Å²) in [6.07, 6.45) is 4.75. The number of rotatable bonds is 5. The van der Waals surface area contributed by atoms with E-state index < -0.39 is 0 Å². The van der Waals surface area contributed by atoms with Gasteiger partial charge in [0.2, 0.25) is 0 Å². The third-order valence-electron chi connectivity index (χ3n) is 3.79. The van der Waals surface area contributed by atoms with Crippen LogP contribution in [0.2, 0.25) is 0 Å². The molecule has 0 aliphatic carbocycles. The van der Waals surface area contributed by atoms with E-state index in [4.69, 9.17) is 9.47 Å². The first-order valence-corrected chi connectivity index (χ1v) is 7.91. The van der Waals surface area contributed by atoms with Crippen LogP contribution < -0.4 is 9.47 Å². The normalized spacial score (nSPS) is 15.0. The highest BCUT2D eigenvalue weighted by Gasteiger charge is 2.20. The van der Waals surface area contributed by atoms with E-state index in [9.17, 15) is 10.1 Å². The Morgan fingerprint density at radius 3 is 2.65 bits per heavy atom. The topological polar surface area (TPSA) is 62.6 Å². The number of ether oxygens (including phenoxy) is 2. The summed E-state index contributed by atoms with van der Waals surface area (Å²) in [5.41, 5.74) is 0.894. The molecule has 1 aromatic rings. The third kappa shape index (κ3) is 4.26. The molecule has 0 spiro atoms. The van der Waals surface area contributed by atoms with Crippen molar-refractivity contribution in [3.05, 3.63) is 29.3 Å². The van der Waals surface area contributed by atoms with E-state index in [1.807, 2.05) is 19.1 Å². The van der Waals surface area contributed by atoms with Gasteiger partial charge in [0.05, 0.1) is 13.7 Å². The van der Waals surface area contributed by atoms with Crippen molar-refractivity contribution >= 4 is 12.0 Å². The van der Waals surface area contributed by atoms with Gasteiger partial charge >= 0.3 is 0 Å². The van der Waals surface area contributed by atoms with E-state index in [-0.39, 0.29) is 11.5 Å². The molecule has 1 aromatic carbocycles. The van der Waals surface area contributed by atoms with Gasteiger partial charge < -0.3 is 14.4 Å². The number of carbonyl (C=O) groups is 1. The van der Waals surface area contributed by atoms with Crippen molar-refractivity contribution in [3.8, 4) is 17.6 Å². The van der Waals surface area contributed by atoms with Gasteiger partial charge in [-0.25, -0.2) is 0 Å². The second-order valence-electron chi connectivity index (χ2n) is 5.37.